The number of nitrogens with one attached hydrogen (secondary N) is 1. The van der Waals surface area contributed by atoms with Gasteiger partial charge in [-0.15, -0.1) is 0 Å². The molecule has 3 rings (SSSR count). The highest BCUT2D eigenvalue weighted by Gasteiger charge is 2.42. The summed E-state index contributed by atoms with van der Waals surface area (Å²) < 4.78 is 12.0. The molecule has 2 heterocycles. The average Bonchev–Trinajstić information content (AvgIpc) is 2.68. The van der Waals surface area contributed by atoms with Crippen LogP contribution in [-0.4, -0.2) is 54.8 Å². The first kappa shape index (κ1) is 22.1. The Hall–Kier alpha value is -1.60. The van der Waals surface area contributed by atoms with Gasteiger partial charge < -0.3 is 19.7 Å². The summed E-state index contributed by atoms with van der Waals surface area (Å²) in [6.45, 7) is 7.96. The maximum atomic E-state index is 13.4. The Morgan fingerprint density at radius 3 is 2.28 bits per heavy atom. The maximum absolute atomic E-state index is 13.4. The number of nitrogens with zero attached hydrogens (tertiary/aromatic N) is 1. The van der Waals surface area contributed by atoms with Crippen molar-refractivity contribution in [2.75, 3.05) is 26.3 Å². The summed E-state index contributed by atoms with van der Waals surface area (Å²) in [5.74, 6) is 0.0684. The summed E-state index contributed by atoms with van der Waals surface area (Å²) >= 11 is 3.47. The number of hydrogen-bond donors (Lipinski definition) is 1. The van der Waals surface area contributed by atoms with Crippen molar-refractivity contribution < 1.29 is 19.1 Å². The molecule has 0 spiro atoms. The Labute approximate surface area is 181 Å². The number of amides is 2. The third-order valence-corrected chi connectivity index (χ3v) is 6.19. The minimum absolute atomic E-state index is 0.0661. The molecule has 0 radical (unpaired) electrons. The lowest BCUT2D eigenvalue weighted by molar-refractivity contribution is -0.131. The minimum Gasteiger partial charge on any atom is -0.444 e. The van der Waals surface area contributed by atoms with E-state index in [1.807, 2.05) is 45.0 Å². The van der Waals surface area contributed by atoms with Crippen molar-refractivity contribution in [3.05, 3.63) is 34.3 Å². The summed E-state index contributed by atoms with van der Waals surface area (Å²) in [5.41, 5.74) is -0.0172. The molecule has 1 N–H and O–H groups in total. The average molecular weight is 467 g/mol. The standard InChI is InChI=1S/C22H31BrN2O4/c1-21(2,3)29-20(27)25-12-8-18(9-13-25)24-19(26)22(10-14-28-15-11-22)16-4-6-17(23)7-5-16/h4-7,18H,8-15H2,1-3H3,(H,24,26). The van der Waals surface area contributed by atoms with Crippen LogP contribution >= 0.6 is 15.9 Å². The van der Waals surface area contributed by atoms with Crippen molar-refractivity contribution in [1.29, 1.82) is 0 Å². The van der Waals surface area contributed by atoms with Crippen molar-refractivity contribution in [3.8, 4) is 0 Å². The molecule has 0 aromatic heterocycles. The molecule has 2 aliphatic rings. The molecule has 160 valence electrons. The molecule has 0 aliphatic carbocycles. The summed E-state index contributed by atoms with van der Waals surface area (Å²) in [7, 11) is 0. The van der Waals surface area contributed by atoms with Gasteiger partial charge in [-0.3, -0.25) is 4.79 Å². The molecule has 0 atom stereocenters. The molecule has 0 saturated carbocycles. The van der Waals surface area contributed by atoms with E-state index in [0.29, 0.717) is 39.1 Å². The zero-order chi connectivity index (χ0) is 21.1. The van der Waals surface area contributed by atoms with Crippen LogP contribution in [0, 0.1) is 0 Å². The first-order chi connectivity index (χ1) is 13.7. The van der Waals surface area contributed by atoms with Crippen LogP contribution in [0.15, 0.2) is 28.7 Å². The van der Waals surface area contributed by atoms with Crippen LogP contribution < -0.4 is 5.32 Å². The fourth-order valence-electron chi connectivity index (χ4n) is 3.99. The van der Waals surface area contributed by atoms with E-state index < -0.39 is 11.0 Å². The van der Waals surface area contributed by atoms with E-state index in [9.17, 15) is 9.59 Å². The summed E-state index contributed by atoms with van der Waals surface area (Å²) in [4.78, 5) is 27.4. The lowest BCUT2D eigenvalue weighted by Crippen LogP contribution is -2.54. The molecule has 2 saturated heterocycles. The number of ether oxygens (including phenoxy) is 2. The highest BCUT2D eigenvalue weighted by atomic mass is 79.9. The maximum Gasteiger partial charge on any atom is 0.410 e. The molecule has 7 heteroatoms. The molecule has 6 nitrogen and oxygen atoms in total. The number of carbonyl (C=O) groups excluding carboxylic acids is 2. The molecule has 1 aromatic carbocycles. The smallest absolute Gasteiger partial charge is 0.410 e. The number of carbonyl (C=O) groups is 2. The molecule has 2 aliphatic heterocycles. The topological polar surface area (TPSA) is 67.9 Å². The van der Waals surface area contributed by atoms with Crippen molar-refractivity contribution in [2.24, 2.45) is 0 Å². The number of likely N-dealkylation sites (tertiary alicyclic amines) is 1. The van der Waals surface area contributed by atoms with Gasteiger partial charge in [0.2, 0.25) is 5.91 Å². The van der Waals surface area contributed by atoms with Crippen molar-refractivity contribution in [2.45, 2.75) is 63.5 Å². The Kier molecular flexibility index (Phi) is 6.89. The van der Waals surface area contributed by atoms with E-state index >= 15 is 0 Å². The van der Waals surface area contributed by atoms with Gasteiger partial charge in [-0.05, 0) is 64.2 Å². The minimum atomic E-state index is -0.554. The number of rotatable bonds is 3. The van der Waals surface area contributed by atoms with E-state index in [4.69, 9.17) is 9.47 Å². The van der Waals surface area contributed by atoms with Gasteiger partial charge in [0.05, 0.1) is 5.41 Å². The van der Waals surface area contributed by atoms with Gasteiger partial charge in [0.25, 0.3) is 0 Å². The quantitative estimate of drug-likeness (QED) is 0.730. The zero-order valence-corrected chi connectivity index (χ0v) is 19.1. The van der Waals surface area contributed by atoms with E-state index in [2.05, 4.69) is 21.2 Å². The summed E-state index contributed by atoms with van der Waals surface area (Å²) in [5, 5.41) is 3.27. The summed E-state index contributed by atoms with van der Waals surface area (Å²) in [6.07, 6.45) is 2.54. The number of piperidine rings is 1. The predicted molar refractivity (Wildman–Crippen MR) is 115 cm³/mol. The van der Waals surface area contributed by atoms with E-state index in [1.54, 1.807) is 4.90 Å². The number of hydrogen-bond acceptors (Lipinski definition) is 4. The molecule has 1 aromatic rings. The van der Waals surface area contributed by atoms with Crippen LogP contribution in [0.3, 0.4) is 0 Å². The second-order valence-electron chi connectivity index (χ2n) is 8.92. The van der Waals surface area contributed by atoms with Gasteiger partial charge in [0.1, 0.15) is 5.60 Å². The van der Waals surface area contributed by atoms with Crippen LogP contribution in [0.5, 0.6) is 0 Å². The van der Waals surface area contributed by atoms with Gasteiger partial charge in [0.15, 0.2) is 0 Å². The molecular weight excluding hydrogens is 436 g/mol. The Morgan fingerprint density at radius 2 is 1.72 bits per heavy atom. The number of benzene rings is 1. The van der Waals surface area contributed by atoms with Gasteiger partial charge in [-0.25, -0.2) is 4.79 Å². The SMILES string of the molecule is CC(C)(C)OC(=O)N1CCC(NC(=O)C2(c3ccc(Br)cc3)CCOCC2)CC1. The third kappa shape index (κ3) is 5.51. The Bertz CT molecular complexity index is 715. The molecular formula is C22H31BrN2O4. The van der Waals surface area contributed by atoms with Crippen molar-refractivity contribution >= 4 is 27.9 Å². The number of halogens is 1. The van der Waals surface area contributed by atoms with Crippen LogP contribution in [0.1, 0.15) is 52.0 Å². The first-order valence-electron chi connectivity index (χ1n) is 10.3. The fourth-order valence-corrected chi connectivity index (χ4v) is 4.26. The zero-order valence-electron chi connectivity index (χ0n) is 17.5. The van der Waals surface area contributed by atoms with Gasteiger partial charge in [-0.2, -0.15) is 0 Å². The monoisotopic (exact) mass is 466 g/mol. The van der Waals surface area contributed by atoms with Crippen LogP contribution in [0.2, 0.25) is 0 Å². The van der Waals surface area contributed by atoms with Gasteiger partial charge in [-0.1, -0.05) is 28.1 Å². The molecule has 0 bridgehead atoms. The first-order valence-corrected chi connectivity index (χ1v) is 11.1. The highest BCUT2D eigenvalue weighted by Crippen LogP contribution is 2.36. The van der Waals surface area contributed by atoms with Crippen LogP contribution in [0.25, 0.3) is 0 Å². The third-order valence-electron chi connectivity index (χ3n) is 5.66. The van der Waals surface area contributed by atoms with Crippen molar-refractivity contribution in [3.63, 3.8) is 0 Å². The van der Waals surface area contributed by atoms with Crippen LogP contribution in [0.4, 0.5) is 4.79 Å². The van der Waals surface area contributed by atoms with Crippen molar-refractivity contribution in [1.82, 2.24) is 10.2 Å². The van der Waals surface area contributed by atoms with Gasteiger partial charge in [0, 0.05) is 36.8 Å². The lowest BCUT2D eigenvalue weighted by atomic mass is 9.73. The molecule has 0 unspecified atom stereocenters. The molecule has 29 heavy (non-hydrogen) atoms. The lowest BCUT2D eigenvalue weighted by Gasteiger charge is -2.39. The predicted octanol–water partition coefficient (Wildman–Crippen LogP) is 4.01. The largest absolute Gasteiger partial charge is 0.444 e. The Morgan fingerprint density at radius 1 is 1.14 bits per heavy atom. The van der Waals surface area contributed by atoms with Gasteiger partial charge >= 0.3 is 6.09 Å². The Balaban J connectivity index is 1.62. The summed E-state index contributed by atoms with van der Waals surface area (Å²) in [6, 6.07) is 8.09. The van der Waals surface area contributed by atoms with Crippen LogP contribution in [-0.2, 0) is 19.7 Å². The fraction of sp³-hybridized carbons (Fsp3) is 0.636. The normalized spacial score (nSPS) is 20.2. The molecule has 2 fully saturated rings. The highest BCUT2D eigenvalue weighted by molar-refractivity contribution is 9.10. The molecule has 2 amide bonds. The second-order valence-corrected chi connectivity index (χ2v) is 9.83. The van der Waals surface area contributed by atoms with E-state index in [-0.39, 0.29) is 18.0 Å². The van der Waals surface area contributed by atoms with E-state index in [1.165, 1.54) is 0 Å². The second kappa shape index (κ2) is 9.04. The van der Waals surface area contributed by atoms with E-state index in [0.717, 1.165) is 22.9 Å².